The lowest BCUT2D eigenvalue weighted by molar-refractivity contribution is 1.13. The molecule has 0 saturated heterocycles. The Morgan fingerprint density at radius 2 is 1.56 bits per heavy atom. The molecule has 0 aliphatic carbocycles. The summed E-state index contributed by atoms with van der Waals surface area (Å²) in [6, 6.07) is 15.8. The zero-order valence-corrected chi connectivity index (χ0v) is 10.6. The van der Waals surface area contributed by atoms with Gasteiger partial charge in [0.05, 0.1) is 0 Å². The van der Waals surface area contributed by atoms with Gasteiger partial charge in [-0.2, -0.15) is 0 Å². The minimum atomic E-state index is 0.741. The van der Waals surface area contributed by atoms with E-state index in [1.807, 2.05) is 50.5 Å². The first-order valence-corrected chi connectivity index (χ1v) is 5.80. The summed E-state index contributed by atoms with van der Waals surface area (Å²) in [4.78, 5) is 2.06. The zero-order valence-electron chi connectivity index (χ0n) is 10.6. The third kappa shape index (κ3) is 3.05. The first kappa shape index (κ1) is 12.1. The van der Waals surface area contributed by atoms with Crippen molar-refractivity contribution >= 4 is 11.4 Å². The summed E-state index contributed by atoms with van der Waals surface area (Å²) in [7, 11) is 4.04. The maximum absolute atomic E-state index is 5.71. The van der Waals surface area contributed by atoms with Crippen molar-refractivity contribution in [2.24, 2.45) is 0 Å². The Morgan fingerprint density at radius 1 is 0.889 bits per heavy atom. The number of hydrogen-bond acceptors (Lipinski definition) is 2. The predicted molar refractivity (Wildman–Crippen MR) is 77.6 cm³/mol. The van der Waals surface area contributed by atoms with Gasteiger partial charge in [0, 0.05) is 36.6 Å². The number of benzene rings is 2. The van der Waals surface area contributed by atoms with Crippen molar-refractivity contribution in [2.45, 2.75) is 0 Å². The van der Waals surface area contributed by atoms with Crippen LogP contribution in [0, 0.1) is 11.8 Å². The van der Waals surface area contributed by atoms with Crippen LogP contribution in [0.1, 0.15) is 11.1 Å². The highest BCUT2D eigenvalue weighted by Crippen LogP contribution is 2.11. The molecular weight excluding hydrogens is 220 g/mol. The molecule has 0 bridgehead atoms. The molecule has 90 valence electrons. The van der Waals surface area contributed by atoms with Crippen molar-refractivity contribution in [3.63, 3.8) is 0 Å². The maximum Gasteiger partial charge on any atom is 0.0361 e. The molecule has 0 heterocycles. The SMILES string of the molecule is CN(C)c1ccc(C#Cc2cccc(N)c2)cc1. The average molecular weight is 236 g/mol. The monoisotopic (exact) mass is 236 g/mol. The quantitative estimate of drug-likeness (QED) is 0.609. The second kappa shape index (κ2) is 5.29. The summed E-state index contributed by atoms with van der Waals surface area (Å²) < 4.78 is 0. The van der Waals surface area contributed by atoms with Crippen LogP contribution in [-0.2, 0) is 0 Å². The van der Waals surface area contributed by atoms with Crippen molar-refractivity contribution in [3.05, 3.63) is 59.7 Å². The van der Waals surface area contributed by atoms with E-state index in [2.05, 4.69) is 28.9 Å². The fourth-order valence-corrected chi connectivity index (χ4v) is 1.60. The molecule has 2 nitrogen and oxygen atoms in total. The van der Waals surface area contributed by atoms with Crippen LogP contribution in [0.15, 0.2) is 48.5 Å². The lowest BCUT2D eigenvalue weighted by atomic mass is 10.1. The number of nitrogen functional groups attached to an aromatic ring is 1. The van der Waals surface area contributed by atoms with Crippen molar-refractivity contribution in [3.8, 4) is 11.8 Å². The highest BCUT2D eigenvalue weighted by atomic mass is 15.1. The molecule has 2 rings (SSSR count). The molecule has 2 heteroatoms. The molecule has 0 atom stereocenters. The largest absolute Gasteiger partial charge is 0.399 e. The Morgan fingerprint density at radius 3 is 2.17 bits per heavy atom. The first-order chi connectivity index (χ1) is 8.65. The topological polar surface area (TPSA) is 29.3 Å². The molecule has 0 unspecified atom stereocenters. The van der Waals surface area contributed by atoms with Gasteiger partial charge in [-0.15, -0.1) is 0 Å². The fourth-order valence-electron chi connectivity index (χ4n) is 1.60. The van der Waals surface area contributed by atoms with Crippen LogP contribution < -0.4 is 10.6 Å². The van der Waals surface area contributed by atoms with Crippen LogP contribution in [0.4, 0.5) is 11.4 Å². The first-order valence-electron chi connectivity index (χ1n) is 5.80. The smallest absolute Gasteiger partial charge is 0.0361 e. The Labute approximate surface area is 108 Å². The van der Waals surface area contributed by atoms with Crippen LogP contribution in [0.2, 0.25) is 0 Å². The highest BCUT2D eigenvalue weighted by Gasteiger charge is 1.93. The van der Waals surface area contributed by atoms with E-state index in [1.165, 1.54) is 5.69 Å². The number of rotatable bonds is 1. The average Bonchev–Trinajstić information content (AvgIpc) is 2.37. The van der Waals surface area contributed by atoms with Crippen molar-refractivity contribution in [1.82, 2.24) is 0 Å². The Hall–Kier alpha value is -2.40. The second-order valence-corrected chi connectivity index (χ2v) is 4.32. The van der Waals surface area contributed by atoms with Gasteiger partial charge < -0.3 is 10.6 Å². The van der Waals surface area contributed by atoms with Gasteiger partial charge in [0.2, 0.25) is 0 Å². The summed E-state index contributed by atoms with van der Waals surface area (Å²) in [6.45, 7) is 0. The summed E-state index contributed by atoms with van der Waals surface area (Å²) in [6.07, 6.45) is 0. The van der Waals surface area contributed by atoms with E-state index in [-0.39, 0.29) is 0 Å². The zero-order chi connectivity index (χ0) is 13.0. The van der Waals surface area contributed by atoms with Crippen LogP contribution in [0.3, 0.4) is 0 Å². The van der Waals surface area contributed by atoms with Gasteiger partial charge in [-0.1, -0.05) is 17.9 Å². The third-order valence-electron chi connectivity index (χ3n) is 2.62. The molecule has 0 aliphatic rings. The minimum Gasteiger partial charge on any atom is -0.399 e. The minimum absolute atomic E-state index is 0.741. The fraction of sp³-hybridized carbons (Fsp3) is 0.125. The predicted octanol–water partition coefficient (Wildman–Crippen LogP) is 2.73. The van der Waals surface area contributed by atoms with E-state index in [0.29, 0.717) is 0 Å². The van der Waals surface area contributed by atoms with E-state index >= 15 is 0 Å². The lowest BCUT2D eigenvalue weighted by Gasteiger charge is -2.11. The normalized spacial score (nSPS) is 9.44. The van der Waals surface area contributed by atoms with E-state index in [1.54, 1.807) is 0 Å². The van der Waals surface area contributed by atoms with Crippen molar-refractivity contribution < 1.29 is 0 Å². The third-order valence-corrected chi connectivity index (χ3v) is 2.62. The van der Waals surface area contributed by atoms with Gasteiger partial charge in [0.1, 0.15) is 0 Å². The number of nitrogens with zero attached hydrogens (tertiary/aromatic N) is 1. The van der Waals surface area contributed by atoms with Crippen LogP contribution >= 0.6 is 0 Å². The number of anilines is 2. The maximum atomic E-state index is 5.71. The molecule has 2 aromatic carbocycles. The summed E-state index contributed by atoms with van der Waals surface area (Å²) in [5.41, 5.74) is 9.56. The molecule has 0 aromatic heterocycles. The molecule has 0 amide bonds. The Balaban J connectivity index is 2.20. The lowest BCUT2D eigenvalue weighted by Crippen LogP contribution is -2.07. The molecule has 0 fully saturated rings. The van der Waals surface area contributed by atoms with Crippen LogP contribution in [0.5, 0.6) is 0 Å². The summed E-state index contributed by atoms with van der Waals surface area (Å²) in [5.74, 6) is 6.24. The van der Waals surface area contributed by atoms with Gasteiger partial charge in [0.25, 0.3) is 0 Å². The highest BCUT2D eigenvalue weighted by molar-refractivity contribution is 5.52. The molecule has 0 radical (unpaired) electrons. The Bertz CT molecular complexity index is 586. The Kier molecular flexibility index (Phi) is 3.54. The van der Waals surface area contributed by atoms with Crippen LogP contribution in [-0.4, -0.2) is 14.1 Å². The van der Waals surface area contributed by atoms with Crippen molar-refractivity contribution in [2.75, 3.05) is 24.7 Å². The summed E-state index contributed by atoms with van der Waals surface area (Å²) in [5, 5.41) is 0. The van der Waals surface area contributed by atoms with Gasteiger partial charge >= 0.3 is 0 Å². The van der Waals surface area contributed by atoms with Crippen LogP contribution in [0.25, 0.3) is 0 Å². The second-order valence-electron chi connectivity index (χ2n) is 4.32. The summed E-state index contributed by atoms with van der Waals surface area (Å²) >= 11 is 0. The molecule has 0 saturated carbocycles. The van der Waals surface area contributed by atoms with Gasteiger partial charge in [-0.3, -0.25) is 0 Å². The van der Waals surface area contributed by atoms with E-state index in [0.717, 1.165) is 16.8 Å². The standard InChI is InChI=1S/C16H16N2/c1-18(2)16-10-8-13(9-11-16)6-7-14-4-3-5-15(17)12-14/h3-5,8-12H,17H2,1-2H3. The molecule has 0 aliphatic heterocycles. The van der Waals surface area contributed by atoms with E-state index in [9.17, 15) is 0 Å². The molecular formula is C16H16N2. The molecule has 2 N–H and O–H groups in total. The van der Waals surface area contributed by atoms with Gasteiger partial charge in [-0.05, 0) is 42.5 Å². The number of hydrogen-bond donors (Lipinski definition) is 1. The van der Waals surface area contributed by atoms with Gasteiger partial charge in [0.15, 0.2) is 0 Å². The molecule has 2 aromatic rings. The number of nitrogens with two attached hydrogens (primary N) is 1. The van der Waals surface area contributed by atoms with Gasteiger partial charge in [-0.25, -0.2) is 0 Å². The molecule has 18 heavy (non-hydrogen) atoms. The molecule has 0 spiro atoms. The van der Waals surface area contributed by atoms with Crippen molar-refractivity contribution in [1.29, 1.82) is 0 Å². The van der Waals surface area contributed by atoms with E-state index < -0.39 is 0 Å². The van der Waals surface area contributed by atoms with E-state index in [4.69, 9.17) is 5.73 Å².